The minimum atomic E-state index is -0.0475. The summed E-state index contributed by atoms with van der Waals surface area (Å²) >= 11 is 0. The smallest absolute Gasteiger partial charge is 0.199 e. The normalized spacial score (nSPS) is 41.2. The van der Waals surface area contributed by atoms with E-state index < -0.39 is 0 Å². The molecule has 0 bridgehead atoms. The zero-order valence-corrected chi connectivity index (χ0v) is 17.9. The van der Waals surface area contributed by atoms with E-state index in [0.717, 1.165) is 42.4 Å². The Labute approximate surface area is 170 Å². The van der Waals surface area contributed by atoms with E-state index in [-0.39, 0.29) is 6.29 Å². The van der Waals surface area contributed by atoms with E-state index in [1.165, 1.54) is 50.5 Å². The maximum Gasteiger partial charge on any atom is 0.199 e. The molecule has 1 heterocycles. The summed E-state index contributed by atoms with van der Waals surface area (Å²) in [5, 5.41) is 0. The fourth-order valence-corrected chi connectivity index (χ4v) is 7.31. The maximum atomic E-state index is 6.18. The first-order valence-corrected chi connectivity index (χ1v) is 11.7. The van der Waals surface area contributed by atoms with Crippen LogP contribution in [0, 0.1) is 23.2 Å². The number of hydrogen-bond acceptors (Lipinski definition) is 2. The van der Waals surface area contributed by atoms with Gasteiger partial charge in [0.05, 0.1) is 6.61 Å². The number of hydrogen-bond donors (Lipinski definition) is 0. The molecule has 28 heavy (non-hydrogen) atoms. The molecule has 0 radical (unpaired) electrons. The Morgan fingerprint density at radius 1 is 1.18 bits per heavy atom. The van der Waals surface area contributed by atoms with Gasteiger partial charge in [-0.3, -0.25) is 0 Å². The van der Waals surface area contributed by atoms with Crippen LogP contribution in [0.5, 0.6) is 5.75 Å². The van der Waals surface area contributed by atoms with Crippen LogP contribution < -0.4 is 4.74 Å². The van der Waals surface area contributed by atoms with Crippen molar-refractivity contribution in [3.63, 3.8) is 0 Å². The van der Waals surface area contributed by atoms with Crippen molar-refractivity contribution >= 4 is 0 Å². The molecule has 3 fully saturated rings. The Morgan fingerprint density at radius 3 is 2.86 bits per heavy atom. The zero-order chi connectivity index (χ0) is 19.3. The molecular weight excluding hydrogens is 344 g/mol. The molecule has 6 atom stereocenters. The summed E-state index contributed by atoms with van der Waals surface area (Å²) in [5.74, 6) is 4.23. The molecule has 0 amide bonds. The Bertz CT molecular complexity index is 760. The van der Waals surface area contributed by atoms with E-state index in [2.05, 4.69) is 45.0 Å². The Morgan fingerprint density at radius 2 is 2.07 bits per heavy atom. The van der Waals surface area contributed by atoms with Crippen LogP contribution in [0.2, 0.25) is 0 Å². The number of allylic oxidation sites excluding steroid dienone is 2. The van der Waals surface area contributed by atoms with Crippen LogP contribution in [-0.4, -0.2) is 12.9 Å². The molecule has 0 spiro atoms. The predicted molar refractivity (Wildman–Crippen MR) is 114 cm³/mol. The van der Waals surface area contributed by atoms with E-state index in [4.69, 9.17) is 9.47 Å². The van der Waals surface area contributed by atoms with Gasteiger partial charge in [0, 0.05) is 6.42 Å². The number of benzene rings is 1. The Hall–Kier alpha value is -1.28. The lowest BCUT2D eigenvalue weighted by atomic mass is 9.52. The Kier molecular flexibility index (Phi) is 4.82. The van der Waals surface area contributed by atoms with Gasteiger partial charge in [0.15, 0.2) is 6.29 Å². The molecule has 2 saturated carbocycles. The summed E-state index contributed by atoms with van der Waals surface area (Å²) in [6.07, 6.45) is 12.4. The van der Waals surface area contributed by atoms with E-state index in [1.54, 1.807) is 11.1 Å². The molecular formula is C26H36O2. The van der Waals surface area contributed by atoms with Crippen molar-refractivity contribution in [1.82, 2.24) is 0 Å². The van der Waals surface area contributed by atoms with Gasteiger partial charge in [-0.05, 0) is 104 Å². The van der Waals surface area contributed by atoms with Crippen LogP contribution in [-0.2, 0) is 11.2 Å². The standard InChI is InChI=1S/C26H36O2/c1-4-19-8-11-23-25-17(2)15-18-16-20(28-24-7-5-6-14-27-24)9-10-21(18)22(25)12-13-26(19,23)3/h4,9-10,16-17,22-25H,5-8,11-15H2,1-3H3/t17-,22-,23+,24?,25-,26-/m1/s1. The van der Waals surface area contributed by atoms with Gasteiger partial charge in [0.2, 0.25) is 0 Å². The van der Waals surface area contributed by atoms with Crippen LogP contribution in [0.15, 0.2) is 29.8 Å². The van der Waals surface area contributed by atoms with Crippen molar-refractivity contribution in [1.29, 1.82) is 0 Å². The lowest BCUT2D eigenvalue weighted by Gasteiger charge is -2.52. The third-order valence-electron chi connectivity index (χ3n) is 8.65. The minimum absolute atomic E-state index is 0.0475. The van der Waals surface area contributed by atoms with Crippen molar-refractivity contribution in [2.45, 2.75) is 84.3 Å². The lowest BCUT2D eigenvalue weighted by molar-refractivity contribution is -0.105. The molecule has 2 nitrogen and oxygen atoms in total. The first kappa shape index (κ1) is 18.7. The molecule has 1 aromatic carbocycles. The summed E-state index contributed by atoms with van der Waals surface area (Å²) in [7, 11) is 0. The summed E-state index contributed by atoms with van der Waals surface area (Å²) in [6, 6.07) is 6.94. The molecule has 4 aliphatic rings. The van der Waals surface area contributed by atoms with Crippen molar-refractivity contribution in [3.05, 3.63) is 41.0 Å². The van der Waals surface area contributed by atoms with E-state index in [0.29, 0.717) is 5.41 Å². The molecule has 1 aliphatic heterocycles. The Balaban J connectivity index is 1.41. The quantitative estimate of drug-likeness (QED) is 0.535. The van der Waals surface area contributed by atoms with Crippen LogP contribution >= 0.6 is 0 Å². The number of fused-ring (bicyclic) bond motifs is 5. The molecule has 0 N–H and O–H groups in total. The maximum absolute atomic E-state index is 6.18. The van der Waals surface area contributed by atoms with Crippen LogP contribution in [0.1, 0.15) is 82.8 Å². The first-order chi connectivity index (χ1) is 13.6. The SMILES string of the molecule is CC=C1CC[C@H]2[C@@H]3[C@H](C)Cc4cc(OC5CCCCO5)ccc4[C@H]3CC[C@]12C. The molecule has 1 aromatic rings. The van der Waals surface area contributed by atoms with E-state index in [1.807, 2.05) is 0 Å². The molecule has 1 saturated heterocycles. The largest absolute Gasteiger partial charge is 0.465 e. The molecule has 1 unspecified atom stereocenters. The highest BCUT2D eigenvalue weighted by atomic mass is 16.7. The molecule has 0 aromatic heterocycles. The fraction of sp³-hybridized carbons (Fsp3) is 0.692. The average Bonchev–Trinajstić information content (AvgIpc) is 3.04. The predicted octanol–water partition coefficient (Wildman–Crippen LogP) is 6.64. The van der Waals surface area contributed by atoms with Crippen LogP contribution in [0.25, 0.3) is 0 Å². The average molecular weight is 381 g/mol. The van der Waals surface area contributed by atoms with Crippen molar-refractivity contribution in [2.75, 3.05) is 6.61 Å². The second-order valence-corrected chi connectivity index (χ2v) is 10.1. The number of ether oxygens (including phenoxy) is 2. The number of rotatable bonds is 2. The molecule has 3 aliphatic carbocycles. The minimum Gasteiger partial charge on any atom is -0.465 e. The molecule has 5 rings (SSSR count). The third-order valence-corrected chi connectivity index (χ3v) is 8.65. The second kappa shape index (κ2) is 7.20. The molecule has 2 heteroatoms. The summed E-state index contributed by atoms with van der Waals surface area (Å²) < 4.78 is 12.0. The molecule has 152 valence electrons. The van der Waals surface area contributed by atoms with Gasteiger partial charge >= 0.3 is 0 Å². The van der Waals surface area contributed by atoms with E-state index in [9.17, 15) is 0 Å². The van der Waals surface area contributed by atoms with Gasteiger partial charge in [-0.25, -0.2) is 0 Å². The van der Waals surface area contributed by atoms with E-state index >= 15 is 0 Å². The van der Waals surface area contributed by atoms with Crippen molar-refractivity contribution in [3.8, 4) is 5.75 Å². The highest BCUT2D eigenvalue weighted by Crippen LogP contribution is 2.63. The highest BCUT2D eigenvalue weighted by Gasteiger charge is 2.54. The van der Waals surface area contributed by atoms with Gasteiger partial charge in [0.25, 0.3) is 0 Å². The van der Waals surface area contributed by atoms with Crippen LogP contribution in [0.4, 0.5) is 0 Å². The lowest BCUT2D eigenvalue weighted by Crippen LogP contribution is -2.43. The van der Waals surface area contributed by atoms with Crippen molar-refractivity contribution in [2.24, 2.45) is 23.2 Å². The fourth-order valence-electron chi connectivity index (χ4n) is 7.31. The van der Waals surface area contributed by atoms with Gasteiger partial charge < -0.3 is 9.47 Å². The third kappa shape index (κ3) is 2.95. The topological polar surface area (TPSA) is 18.5 Å². The van der Waals surface area contributed by atoms with Gasteiger partial charge in [-0.15, -0.1) is 0 Å². The monoisotopic (exact) mass is 380 g/mol. The van der Waals surface area contributed by atoms with Crippen molar-refractivity contribution < 1.29 is 9.47 Å². The first-order valence-electron chi connectivity index (χ1n) is 11.7. The second-order valence-electron chi connectivity index (χ2n) is 10.1. The zero-order valence-electron chi connectivity index (χ0n) is 17.9. The van der Waals surface area contributed by atoms with Gasteiger partial charge in [-0.2, -0.15) is 0 Å². The van der Waals surface area contributed by atoms with Crippen LogP contribution in [0.3, 0.4) is 0 Å². The summed E-state index contributed by atoms with van der Waals surface area (Å²) in [6.45, 7) is 8.17. The summed E-state index contributed by atoms with van der Waals surface area (Å²) in [5.41, 5.74) is 5.36. The van der Waals surface area contributed by atoms with Gasteiger partial charge in [-0.1, -0.05) is 31.6 Å². The van der Waals surface area contributed by atoms with Gasteiger partial charge in [0.1, 0.15) is 5.75 Å². The summed E-state index contributed by atoms with van der Waals surface area (Å²) in [4.78, 5) is 0. The highest BCUT2D eigenvalue weighted by molar-refractivity contribution is 5.42.